The van der Waals surface area contributed by atoms with Gasteiger partial charge < -0.3 is 15.9 Å². The number of benzene rings is 1. The molecule has 0 aliphatic carbocycles. The number of hydrogen-bond acceptors (Lipinski definition) is 3. The number of aliphatic hydroxyl groups is 2. The van der Waals surface area contributed by atoms with Gasteiger partial charge >= 0.3 is 0 Å². The normalized spacial score (nSPS) is 15.0. The van der Waals surface area contributed by atoms with Crippen molar-refractivity contribution in [3.63, 3.8) is 0 Å². The summed E-state index contributed by atoms with van der Waals surface area (Å²) in [6.45, 7) is 0.230. The zero-order valence-electron chi connectivity index (χ0n) is 8.03. The SMILES string of the molecule is NCCC(O)C(O)c1ccc(Cl)cc1F. The van der Waals surface area contributed by atoms with E-state index in [2.05, 4.69) is 0 Å². The van der Waals surface area contributed by atoms with E-state index in [1.807, 2.05) is 0 Å². The highest BCUT2D eigenvalue weighted by Crippen LogP contribution is 2.24. The highest BCUT2D eigenvalue weighted by molar-refractivity contribution is 6.30. The van der Waals surface area contributed by atoms with Crippen LogP contribution in [0.15, 0.2) is 18.2 Å². The quantitative estimate of drug-likeness (QED) is 0.733. The van der Waals surface area contributed by atoms with Crippen molar-refractivity contribution < 1.29 is 14.6 Å². The standard InChI is InChI=1S/C10H13ClFNO2/c11-6-1-2-7(8(12)5-6)10(15)9(14)3-4-13/h1-2,5,9-10,14-15H,3-4,13H2. The average Bonchev–Trinajstić information content (AvgIpc) is 2.17. The fourth-order valence-corrected chi connectivity index (χ4v) is 1.44. The van der Waals surface area contributed by atoms with Crippen LogP contribution in [0.25, 0.3) is 0 Å². The maximum atomic E-state index is 13.3. The lowest BCUT2D eigenvalue weighted by Gasteiger charge is -2.17. The molecular weight excluding hydrogens is 221 g/mol. The first-order valence-electron chi connectivity index (χ1n) is 4.57. The number of halogens is 2. The topological polar surface area (TPSA) is 66.5 Å². The fourth-order valence-electron chi connectivity index (χ4n) is 1.28. The smallest absolute Gasteiger partial charge is 0.130 e. The Labute approximate surface area is 92.3 Å². The maximum absolute atomic E-state index is 13.3. The third-order valence-corrected chi connectivity index (χ3v) is 2.34. The largest absolute Gasteiger partial charge is 0.390 e. The average molecular weight is 234 g/mol. The van der Waals surface area contributed by atoms with Crippen LogP contribution in [-0.4, -0.2) is 22.9 Å². The molecule has 5 heteroatoms. The summed E-state index contributed by atoms with van der Waals surface area (Å²) in [5.74, 6) is -0.633. The Morgan fingerprint density at radius 3 is 2.60 bits per heavy atom. The second-order valence-corrected chi connectivity index (χ2v) is 3.69. The summed E-state index contributed by atoms with van der Waals surface area (Å²) in [5, 5.41) is 19.3. The van der Waals surface area contributed by atoms with Gasteiger partial charge in [0.1, 0.15) is 11.9 Å². The Bertz CT molecular complexity index is 335. The second-order valence-electron chi connectivity index (χ2n) is 3.26. The molecule has 4 N–H and O–H groups in total. The van der Waals surface area contributed by atoms with Gasteiger partial charge in [0.05, 0.1) is 6.10 Å². The lowest BCUT2D eigenvalue weighted by molar-refractivity contribution is 0.0130. The minimum absolute atomic E-state index is 0.0281. The lowest BCUT2D eigenvalue weighted by Crippen LogP contribution is -2.22. The van der Waals surface area contributed by atoms with Gasteiger partial charge in [0.25, 0.3) is 0 Å². The zero-order chi connectivity index (χ0) is 11.4. The monoisotopic (exact) mass is 233 g/mol. The van der Waals surface area contributed by atoms with Crippen LogP contribution in [0, 0.1) is 5.82 Å². The van der Waals surface area contributed by atoms with E-state index in [1.54, 1.807) is 0 Å². The molecule has 0 spiro atoms. The molecule has 0 aromatic heterocycles. The van der Waals surface area contributed by atoms with Gasteiger partial charge in [0.15, 0.2) is 0 Å². The summed E-state index contributed by atoms with van der Waals surface area (Å²) in [4.78, 5) is 0. The first-order chi connectivity index (χ1) is 7.06. The fraction of sp³-hybridized carbons (Fsp3) is 0.400. The summed E-state index contributed by atoms with van der Waals surface area (Å²) in [6.07, 6.45) is -2.13. The summed E-state index contributed by atoms with van der Waals surface area (Å²) in [6, 6.07) is 3.90. The minimum Gasteiger partial charge on any atom is -0.390 e. The molecule has 0 saturated heterocycles. The molecule has 3 nitrogen and oxygen atoms in total. The molecule has 0 saturated carbocycles. The zero-order valence-corrected chi connectivity index (χ0v) is 8.78. The van der Waals surface area contributed by atoms with E-state index in [1.165, 1.54) is 12.1 Å². The molecule has 0 amide bonds. The van der Waals surface area contributed by atoms with E-state index >= 15 is 0 Å². The molecule has 15 heavy (non-hydrogen) atoms. The molecule has 0 heterocycles. The van der Waals surface area contributed by atoms with E-state index in [9.17, 15) is 14.6 Å². The first-order valence-corrected chi connectivity index (χ1v) is 4.95. The van der Waals surface area contributed by atoms with Gasteiger partial charge in [-0.15, -0.1) is 0 Å². The van der Waals surface area contributed by atoms with Crippen molar-refractivity contribution in [1.29, 1.82) is 0 Å². The molecule has 1 aromatic carbocycles. The van der Waals surface area contributed by atoms with Crippen LogP contribution >= 0.6 is 11.6 Å². The van der Waals surface area contributed by atoms with Crippen LogP contribution in [0.2, 0.25) is 5.02 Å². The third kappa shape index (κ3) is 3.14. The van der Waals surface area contributed by atoms with Gasteiger partial charge in [0.2, 0.25) is 0 Å². The Morgan fingerprint density at radius 2 is 2.07 bits per heavy atom. The predicted molar refractivity (Wildman–Crippen MR) is 56.0 cm³/mol. The summed E-state index contributed by atoms with van der Waals surface area (Å²) < 4.78 is 13.3. The molecule has 1 aromatic rings. The molecule has 0 fully saturated rings. The van der Waals surface area contributed by atoms with Crippen LogP contribution in [0.1, 0.15) is 18.1 Å². The highest BCUT2D eigenvalue weighted by Gasteiger charge is 2.20. The van der Waals surface area contributed by atoms with Gasteiger partial charge in [0, 0.05) is 10.6 Å². The number of hydrogen-bond donors (Lipinski definition) is 3. The van der Waals surface area contributed by atoms with Crippen molar-refractivity contribution in [3.8, 4) is 0 Å². The van der Waals surface area contributed by atoms with Crippen molar-refractivity contribution >= 4 is 11.6 Å². The lowest BCUT2D eigenvalue weighted by atomic mass is 10.0. The van der Waals surface area contributed by atoms with Gasteiger partial charge in [-0.05, 0) is 25.1 Å². The third-order valence-electron chi connectivity index (χ3n) is 2.11. The van der Waals surface area contributed by atoms with Crippen LogP contribution < -0.4 is 5.73 Å². The van der Waals surface area contributed by atoms with Crippen molar-refractivity contribution in [2.45, 2.75) is 18.6 Å². The van der Waals surface area contributed by atoms with Crippen molar-refractivity contribution in [3.05, 3.63) is 34.6 Å². The second kappa shape index (κ2) is 5.42. The molecule has 0 radical (unpaired) electrons. The summed E-state index contributed by atoms with van der Waals surface area (Å²) >= 11 is 5.56. The maximum Gasteiger partial charge on any atom is 0.130 e. The van der Waals surface area contributed by atoms with E-state index in [4.69, 9.17) is 17.3 Å². The molecule has 1 rings (SSSR count). The number of nitrogens with two attached hydrogens (primary N) is 1. The van der Waals surface area contributed by atoms with Crippen molar-refractivity contribution in [2.24, 2.45) is 5.73 Å². The highest BCUT2D eigenvalue weighted by atomic mass is 35.5. The van der Waals surface area contributed by atoms with Gasteiger partial charge in [-0.2, -0.15) is 0 Å². The Hall–Kier alpha value is -0.680. The Kier molecular flexibility index (Phi) is 4.47. The Morgan fingerprint density at radius 1 is 1.40 bits per heavy atom. The minimum atomic E-state index is -1.27. The molecule has 84 valence electrons. The van der Waals surface area contributed by atoms with Crippen LogP contribution in [0.3, 0.4) is 0 Å². The molecule has 2 atom stereocenters. The van der Waals surface area contributed by atoms with Crippen molar-refractivity contribution in [2.75, 3.05) is 6.54 Å². The van der Waals surface area contributed by atoms with E-state index < -0.39 is 18.0 Å². The number of rotatable bonds is 4. The molecule has 0 aliphatic heterocycles. The van der Waals surface area contributed by atoms with Gasteiger partial charge in [-0.1, -0.05) is 17.7 Å². The van der Waals surface area contributed by atoms with E-state index in [0.717, 1.165) is 6.07 Å². The van der Waals surface area contributed by atoms with Gasteiger partial charge in [-0.3, -0.25) is 0 Å². The molecular formula is C10H13ClFNO2. The predicted octanol–water partition coefficient (Wildman–Crippen LogP) is 1.22. The number of aliphatic hydroxyl groups excluding tert-OH is 2. The van der Waals surface area contributed by atoms with Crippen molar-refractivity contribution in [1.82, 2.24) is 0 Å². The van der Waals surface area contributed by atoms with E-state index in [0.29, 0.717) is 0 Å². The van der Waals surface area contributed by atoms with E-state index in [-0.39, 0.29) is 23.6 Å². The Balaban J connectivity index is 2.86. The first kappa shape index (κ1) is 12.4. The van der Waals surface area contributed by atoms with Crippen LogP contribution in [-0.2, 0) is 0 Å². The van der Waals surface area contributed by atoms with Crippen LogP contribution in [0.4, 0.5) is 4.39 Å². The summed E-state index contributed by atoms with van der Waals surface area (Å²) in [5.41, 5.74) is 5.25. The summed E-state index contributed by atoms with van der Waals surface area (Å²) in [7, 11) is 0. The molecule has 2 unspecified atom stereocenters. The molecule has 0 aliphatic rings. The molecule has 0 bridgehead atoms. The van der Waals surface area contributed by atoms with Gasteiger partial charge in [-0.25, -0.2) is 4.39 Å². The van der Waals surface area contributed by atoms with Crippen LogP contribution in [0.5, 0.6) is 0 Å².